The van der Waals surface area contributed by atoms with Gasteiger partial charge in [-0.05, 0) is 30.7 Å². The van der Waals surface area contributed by atoms with E-state index in [1.807, 2.05) is 6.92 Å². The molecule has 8 nitrogen and oxygen atoms in total. The molecule has 1 aromatic carbocycles. The molecule has 8 heteroatoms. The average molecular weight is 382 g/mol. The van der Waals surface area contributed by atoms with Crippen LogP contribution in [0.15, 0.2) is 55.0 Å². The van der Waals surface area contributed by atoms with E-state index in [0.717, 1.165) is 0 Å². The lowest BCUT2D eigenvalue weighted by molar-refractivity contribution is 0.0228. The zero-order valence-corrected chi connectivity index (χ0v) is 15.4. The fourth-order valence-corrected chi connectivity index (χ4v) is 2.25. The first kappa shape index (κ1) is 16.6. The summed E-state index contributed by atoms with van der Waals surface area (Å²) in [6.07, 6.45) is 4.31. The van der Waals surface area contributed by atoms with E-state index in [1.165, 1.54) is 31.6 Å². The average Bonchev–Trinajstić information content (AvgIpc) is 2.78. The molecule has 3 rings (SSSR count). The van der Waals surface area contributed by atoms with E-state index in [-0.39, 0.29) is 11.3 Å². The molecule has 2 heterocycles. The Bertz CT molecular complexity index is 1020. The van der Waals surface area contributed by atoms with E-state index in [4.69, 9.17) is 17.1 Å². The second kappa shape index (κ2) is 9.43. The first-order valence-corrected chi connectivity index (χ1v) is 8.47. The Balaban J connectivity index is 1.70. The summed E-state index contributed by atoms with van der Waals surface area (Å²) in [7, 11) is 1.48. The highest BCUT2D eigenvalue weighted by Gasteiger charge is 2.11. The van der Waals surface area contributed by atoms with Crippen LogP contribution in [0, 0.1) is 0 Å². The molecule has 0 saturated carbocycles. The molecule has 3 aromatic rings. The lowest BCUT2D eigenvalue weighted by atomic mass is 10.2. The predicted octanol–water partition coefficient (Wildman–Crippen LogP) is 2.81. The minimum Gasteiger partial charge on any atom is -0.497 e. The van der Waals surface area contributed by atoms with E-state index in [9.17, 15) is 4.79 Å². The highest BCUT2D eigenvalue weighted by Crippen LogP contribution is 2.18. The third-order valence-electron chi connectivity index (χ3n) is 3.57. The summed E-state index contributed by atoms with van der Waals surface area (Å²) in [6.45, 7) is 0.0846. The Morgan fingerprint density at radius 1 is 1.21 bits per heavy atom. The number of hydrogen-bond acceptors (Lipinski definition) is 7. The Kier molecular flexibility index (Phi) is 5.60. The van der Waals surface area contributed by atoms with Crippen molar-refractivity contribution >= 4 is 5.91 Å². The van der Waals surface area contributed by atoms with Crippen LogP contribution >= 0.6 is 0 Å². The summed E-state index contributed by atoms with van der Waals surface area (Å²) in [4.78, 5) is 29.8. The van der Waals surface area contributed by atoms with Gasteiger partial charge in [0, 0.05) is 17.8 Å². The van der Waals surface area contributed by atoms with Crippen molar-refractivity contribution in [2.75, 3.05) is 13.7 Å². The lowest BCUT2D eigenvalue weighted by Gasteiger charge is -2.08. The van der Waals surface area contributed by atoms with Gasteiger partial charge >= 0.3 is 0 Å². The van der Waals surface area contributed by atoms with E-state index < -0.39 is 12.5 Å². The second-order valence-electron chi connectivity index (χ2n) is 5.47. The van der Waals surface area contributed by atoms with Gasteiger partial charge in [0.2, 0.25) is 5.88 Å². The van der Waals surface area contributed by atoms with Crippen molar-refractivity contribution in [2.45, 2.75) is 13.5 Å². The lowest BCUT2D eigenvalue weighted by Crippen LogP contribution is -2.24. The van der Waals surface area contributed by atoms with Crippen LogP contribution in [0.3, 0.4) is 0 Å². The molecule has 144 valence electrons. The maximum absolute atomic E-state index is 12.4. The number of carbonyl (C=O) groups excluding carboxylic acids is 1. The highest BCUT2D eigenvalue weighted by atomic mass is 16.6. The third-order valence-corrected chi connectivity index (χ3v) is 3.57. The Morgan fingerprint density at radius 3 is 2.86 bits per heavy atom. The van der Waals surface area contributed by atoms with Gasteiger partial charge in [0.25, 0.3) is 5.91 Å². The highest BCUT2D eigenvalue weighted by molar-refractivity contribution is 5.91. The number of nitrogens with one attached hydrogen (secondary N) is 1. The van der Waals surface area contributed by atoms with E-state index >= 15 is 0 Å². The van der Waals surface area contributed by atoms with E-state index in [2.05, 4.69) is 20.4 Å². The van der Waals surface area contributed by atoms with Crippen LogP contribution in [0.25, 0.3) is 11.3 Å². The molecule has 1 amide bonds. The molecule has 0 unspecified atom stereocenters. The number of hydrogen-bond donors (Lipinski definition) is 1. The van der Waals surface area contributed by atoms with Crippen molar-refractivity contribution < 1.29 is 21.8 Å². The molecule has 28 heavy (non-hydrogen) atoms. The maximum atomic E-state index is 12.4. The fourth-order valence-electron chi connectivity index (χ4n) is 2.25. The number of hydroxylamine groups is 1. The number of methoxy groups -OCH3 is 1. The Hall–Kier alpha value is -3.52. The zero-order valence-electron chi connectivity index (χ0n) is 17.4. The van der Waals surface area contributed by atoms with Crippen molar-refractivity contribution in [1.29, 1.82) is 0 Å². The number of benzene rings is 1. The van der Waals surface area contributed by atoms with E-state index in [1.54, 1.807) is 30.5 Å². The van der Waals surface area contributed by atoms with Crippen molar-refractivity contribution in [2.24, 2.45) is 0 Å². The first-order valence-electron chi connectivity index (χ1n) is 9.47. The number of nitrogens with zero attached hydrogens (tertiary/aromatic N) is 3. The minimum atomic E-state index is -2.28. The largest absolute Gasteiger partial charge is 0.497 e. The molecule has 0 radical (unpaired) electrons. The summed E-state index contributed by atoms with van der Waals surface area (Å²) < 4.78 is 26.5. The van der Waals surface area contributed by atoms with Gasteiger partial charge in [-0.2, -0.15) is 0 Å². The van der Waals surface area contributed by atoms with Crippen LogP contribution < -0.4 is 15.0 Å². The quantitative estimate of drug-likeness (QED) is 0.599. The minimum absolute atomic E-state index is 0.0390. The molecule has 0 atom stereocenters. The number of ether oxygens (including phenoxy) is 2. The second-order valence-corrected chi connectivity index (χ2v) is 5.47. The van der Waals surface area contributed by atoms with Crippen molar-refractivity contribution in [3.05, 3.63) is 66.2 Å². The molecule has 0 fully saturated rings. The smallest absolute Gasteiger partial charge is 0.295 e. The van der Waals surface area contributed by atoms with Gasteiger partial charge in [0.15, 0.2) is 0 Å². The molecule has 0 aliphatic rings. The van der Waals surface area contributed by atoms with Gasteiger partial charge in [-0.25, -0.2) is 15.4 Å². The number of aromatic nitrogens is 3. The molecular formula is C20H20N4O4. The summed E-state index contributed by atoms with van der Waals surface area (Å²) in [5, 5.41) is 0. The van der Waals surface area contributed by atoms with Crippen LogP contribution in [0.4, 0.5) is 0 Å². The first-order chi connectivity index (χ1) is 14.4. The predicted molar refractivity (Wildman–Crippen MR) is 102 cm³/mol. The van der Waals surface area contributed by atoms with Gasteiger partial charge < -0.3 is 9.47 Å². The zero-order chi connectivity index (χ0) is 21.6. The normalized spacial score (nSPS) is 11.9. The number of pyridine rings is 1. The fraction of sp³-hybridized carbons (Fsp3) is 0.200. The Morgan fingerprint density at radius 2 is 2.11 bits per heavy atom. The monoisotopic (exact) mass is 382 g/mol. The number of carbonyl (C=O) groups is 1. The van der Waals surface area contributed by atoms with Crippen molar-refractivity contribution in [3.8, 4) is 22.9 Å². The molecular weight excluding hydrogens is 360 g/mol. The van der Waals surface area contributed by atoms with Crippen LogP contribution in [0.2, 0.25) is 0 Å². The number of amides is 1. The third kappa shape index (κ3) is 5.01. The van der Waals surface area contributed by atoms with Gasteiger partial charge in [0.05, 0.1) is 41.1 Å². The SMILES string of the molecule is [2H]C([2H])(ONC(=O)c1cncc(-c2ccc(OCC)nc2)n1)c1cccc(OC)c1. The molecule has 1 N–H and O–H groups in total. The van der Waals surface area contributed by atoms with Crippen molar-refractivity contribution in [1.82, 2.24) is 20.4 Å². The molecule has 0 bridgehead atoms. The molecule has 0 spiro atoms. The van der Waals surface area contributed by atoms with Gasteiger partial charge in [-0.3, -0.25) is 14.6 Å². The summed E-state index contributed by atoms with van der Waals surface area (Å²) >= 11 is 0. The van der Waals surface area contributed by atoms with Gasteiger partial charge in [-0.1, -0.05) is 12.1 Å². The maximum Gasteiger partial charge on any atom is 0.295 e. The molecule has 0 saturated heterocycles. The van der Waals surface area contributed by atoms with Crippen molar-refractivity contribution in [3.63, 3.8) is 0 Å². The van der Waals surface area contributed by atoms with Crippen LogP contribution in [-0.4, -0.2) is 34.6 Å². The van der Waals surface area contributed by atoms with Crippen LogP contribution in [0.1, 0.15) is 25.7 Å². The number of rotatable bonds is 8. The standard InChI is InChI=1S/C20H20N4O4/c1-3-27-19-8-7-15(10-22-19)17-11-21-12-18(23-17)20(25)24-28-13-14-5-4-6-16(9-14)26-2/h4-12H,3,13H2,1-2H3,(H,24,25)/i13D2. The summed E-state index contributed by atoms with van der Waals surface area (Å²) in [5.74, 6) is 0.208. The topological polar surface area (TPSA) is 95.5 Å². The van der Waals surface area contributed by atoms with Crippen LogP contribution in [-0.2, 0) is 11.4 Å². The summed E-state index contributed by atoms with van der Waals surface area (Å²) in [5.41, 5.74) is 3.30. The molecule has 0 aliphatic carbocycles. The molecule has 2 aromatic heterocycles. The van der Waals surface area contributed by atoms with Gasteiger partial charge in [-0.15, -0.1) is 0 Å². The van der Waals surface area contributed by atoms with Crippen LogP contribution in [0.5, 0.6) is 11.6 Å². The van der Waals surface area contributed by atoms with Gasteiger partial charge in [0.1, 0.15) is 11.4 Å². The van der Waals surface area contributed by atoms with E-state index in [0.29, 0.717) is 29.5 Å². The summed E-state index contributed by atoms with van der Waals surface area (Å²) in [6, 6.07) is 9.74. The Labute approximate surface area is 165 Å². The molecule has 0 aliphatic heterocycles.